The second-order valence-electron chi connectivity index (χ2n) is 10.1. The van der Waals surface area contributed by atoms with Crippen molar-refractivity contribution in [2.75, 3.05) is 33.3 Å². The molecule has 1 unspecified atom stereocenters. The molecule has 1 atom stereocenters. The molecule has 3 aliphatic rings. The highest BCUT2D eigenvalue weighted by Gasteiger charge is 2.34. The van der Waals surface area contributed by atoms with E-state index in [1.807, 2.05) is 30.3 Å². The van der Waals surface area contributed by atoms with Gasteiger partial charge in [0.2, 0.25) is 0 Å². The first-order valence-electron chi connectivity index (χ1n) is 13.0. The average Bonchev–Trinajstić information content (AvgIpc) is 3.60. The van der Waals surface area contributed by atoms with Gasteiger partial charge < -0.3 is 9.64 Å². The van der Waals surface area contributed by atoms with Gasteiger partial charge in [-0.1, -0.05) is 30.3 Å². The number of hydrogen-bond donors (Lipinski definition) is 0. The van der Waals surface area contributed by atoms with E-state index in [0.717, 1.165) is 77.8 Å². The maximum atomic E-state index is 14.1. The molecule has 1 aliphatic carbocycles. The van der Waals surface area contributed by atoms with Gasteiger partial charge in [0.05, 0.1) is 23.9 Å². The highest BCUT2D eigenvalue weighted by Crippen LogP contribution is 2.37. The number of likely N-dealkylation sites (tertiary alicyclic amines) is 2. The Morgan fingerprint density at radius 1 is 1.00 bits per heavy atom. The highest BCUT2D eigenvalue weighted by molar-refractivity contribution is 6.09. The van der Waals surface area contributed by atoms with Gasteiger partial charge in [0, 0.05) is 24.5 Å². The molecular formula is C30H33N3O2. The summed E-state index contributed by atoms with van der Waals surface area (Å²) in [6, 6.07) is 16.8. The number of aromatic nitrogens is 1. The minimum atomic E-state index is 0.187. The summed E-state index contributed by atoms with van der Waals surface area (Å²) in [6.45, 7) is 4.05. The van der Waals surface area contributed by atoms with Crippen LogP contribution in [0.5, 0.6) is 5.75 Å². The van der Waals surface area contributed by atoms with Gasteiger partial charge in [0.25, 0.3) is 5.91 Å². The smallest absolute Gasteiger partial charge is 0.254 e. The molecule has 0 saturated carbocycles. The van der Waals surface area contributed by atoms with E-state index in [9.17, 15) is 4.79 Å². The Balaban J connectivity index is 1.39. The van der Waals surface area contributed by atoms with E-state index in [1.165, 1.54) is 31.5 Å². The Morgan fingerprint density at radius 3 is 2.60 bits per heavy atom. The van der Waals surface area contributed by atoms with Crippen LogP contribution in [-0.4, -0.2) is 60.0 Å². The zero-order valence-electron chi connectivity index (χ0n) is 20.5. The lowest BCUT2D eigenvalue weighted by Gasteiger charge is -2.26. The molecule has 5 nitrogen and oxygen atoms in total. The molecule has 2 fully saturated rings. The van der Waals surface area contributed by atoms with Crippen LogP contribution in [0.1, 0.15) is 59.3 Å². The third kappa shape index (κ3) is 4.23. The van der Waals surface area contributed by atoms with Crippen LogP contribution in [0.3, 0.4) is 0 Å². The number of ether oxygens (including phenoxy) is 1. The zero-order valence-corrected chi connectivity index (χ0v) is 20.5. The quantitative estimate of drug-likeness (QED) is 0.513. The minimum absolute atomic E-state index is 0.187. The average molecular weight is 468 g/mol. The van der Waals surface area contributed by atoms with E-state index in [2.05, 4.69) is 34.1 Å². The summed E-state index contributed by atoms with van der Waals surface area (Å²) in [5.41, 5.74) is 6.27. The molecule has 2 saturated heterocycles. The number of nitrogens with zero attached hydrogens (tertiary/aromatic N) is 3. The largest absolute Gasteiger partial charge is 0.497 e. The van der Waals surface area contributed by atoms with E-state index in [4.69, 9.17) is 9.72 Å². The van der Waals surface area contributed by atoms with Crippen LogP contribution in [0.2, 0.25) is 0 Å². The lowest BCUT2D eigenvalue weighted by molar-refractivity contribution is 0.0780. The summed E-state index contributed by atoms with van der Waals surface area (Å²) in [5.74, 6) is 1.04. The van der Waals surface area contributed by atoms with Crippen molar-refractivity contribution in [2.45, 2.75) is 44.6 Å². The molecule has 1 amide bonds. The second kappa shape index (κ2) is 9.46. The van der Waals surface area contributed by atoms with Crippen molar-refractivity contribution in [1.82, 2.24) is 14.8 Å². The van der Waals surface area contributed by atoms with E-state index in [-0.39, 0.29) is 5.91 Å². The summed E-state index contributed by atoms with van der Waals surface area (Å²) >= 11 is 0. The lowest BCUT2D eigenvalue weighted by atomic mass is 9.85. The molecule has 0 radical (unpaired) electrons. The van der Waals surface area contributed by atoms with Crippen LogP contribution in [-0.2, 0) is 6.42 Å². The predicted molar refractivity (Wildman–Crippen MR) is 141 cm³/mol. The molecular weight excluding hydrogens is 434 g/mol. The number of hydrogen-bond acceptors (Lipinski definition) is 4. The minimum Gasteiger partial charge on any atom is -0.497 e. The molecule has 6 rings (SSSR count). The Kier molecular flexibility index (Phi) is 6.03. The van der Waals surface area contributed by atoms with Gasteiger partial charge in [-0.25, -0.2) is 4.98 Å². The van der Waals surface area contributed by atoms with Crippen molar-refractivity contribution in [3.63, 3.8) is 0 Å². The predicted octanol–water partition coefficient (Wildman–Crippen LogP) is 5.43. The van der Waals surface area contributed by atoms with Crippen molar-refractivity contribution in [3.8, 4) is 5.75 Å². The molecule has 180 valence electrons. The standard InChI is InChI=1S/C30H33N3O2/c1-35-24-13-11-21(12-14-24)19-22-7-6-9-26-28(25-8-2-3-10-27(25)31-29(22)26)30(34)33-18-15-23(20-33)32-16-4-5-17-32/h2-3,8,10-14,19,23H,4-7,9,15-18,20H2,1H3/b22-19+. The number of amides is 1. The number of methoxy groups -OCH3 is 1. The van der Waals surface area contributed by atoms with Crippen molar-refractivity contribution in [2.24, 2.45) is 0 Å². The number of allylic oxidation sites excluding steroid dienone is 1. The number of carbonyl (C=O) groups excluding carboxylic acids is 1. The van der Waals surface area contributed by atoms with Crippen LogP contribution >= 0.6 is 0 Å². The maximum absolute atomic E-state index is 14.1. The highest BCUT2D eigenvalue weighted by atomic mass is 16.5. The summed E-state index contributed by atoms with van der Waals surface area (Å²) in [5, 5.41) is 0.992. The van der Waals surface area contributed by atoms with Crippen LogP contribution in [0, 0.1) is 0 Å². The van der Waals surface area contributed by atoms with Crippen LogP contribution in [0.15, 0.2) is 48.5 Å². The number of carbonyl (C=O) groups is 1. The van der Waals surface area contributed by atoms with Crippen molar-refractivity contribution < 1.29 is 9.53 Å². The van der Waals surface area contributed by atoms with Crippen LogP contribution in [0.4, 0.5) is 0 Å². The van der Waals surface area contributed by atoms with E-state index in [1.54, 1.807) is 7.11 Å². The van der Waals surface area contributed by atoms with Gasteiger partial charge in [0.1, 0.15) is 5.75 Å². The monoisotopic (exact) mass is 467 g/mol. The molecule has 3 aromatic rings. The fourth-order valence-corrected chi connectivity index (χ4v) is 6.11. The molecule has 0 spiro atoms. The van der Waals surface area contributed by atoms with E-state index in [0.29, 0.717) is 6.04 Å². The van der Waals surface area contributed by atoms with Crippen LogP contribution in [0.25, 0.3) is 22.6 Å². The van der Waals surface area contributed by atoms with Crippen LogP contribution < -0.4 is 4.74 Å². The first-order chi connectivity index (χ1) is 17.2. The number of pyridine rings is 1. The maximum Gasteiger partial charge on any atom is 0.254 e. The Hall–Kier alpha value is -3.18. The van der Waals surface area contributed by atoms with Crippen molar-refractivity contribution >= 4 is 28.5 Å². The summed E-state index contributed by atoms with van der Waals surface area (Å²) in [4.78, 5) is 23.9. The molecule has 2 aliphatic heterocycles. The fraction of sp³-hybridized carbons (Fsp3) is 0.400. The molecule has 3 heterocycles. The second-order valence-corrected chi connectivity index (χ2v) is 10.1. The first-order valence-corrected chi connectivity index (χ1v) is 13.0. The van der Waals surface area contributed by atoms with Gasteiger partial charge >= 0.3 is 0 Å². The SMILES string of the molecule is COc1ccc(/C=C2\CCCc3c2nc2ccccc2c3C(=O)N2CCC(N3CCCC3)C2)cc1. The third-order valence-corrected chi connectivity index (χ3v) is 7.95. The lowest BCUT2D eigenvalue weighted by Crippen LogP contribution is -2.37. The number of benzene rings is 2. The topological polar surface area (TPSA) is 45.7 Å². The fourth-order valence-electron chi connectivity index (χ4n) is 6.11. The first kappa shape index (κ1) is 22.3. The van der Waals surface area contributed by atoms with E-state index < -0.39 is 0 Å². The van der Waals surface area contributed by atoms with E-state index >= 15 is 0 Å². The number of fused-ring (bicyclic) bond motifs is 2. The molecule has 0 N–H and O–H groups in total. The van der Waals surface area contributed by atoms with Crippen molar-refractivity contribution in [3.05, 3.63) is 70.9 Å². The van der Waals surface area contributed by atoms with Crippen molar-refractivity contribution in [1.29, 1.82) is 0 Å². The summed E-state index contributed by atoms with van der Waals surface area (Å²) < 4.78 is 5.32. The number of rotatable bonds is 4. The normalized spacial score (nSPS) is 21.6. The molecule has 1 aromatic heterocycles. The summed E-state index contributed by atoms with van der Waals surface area (Å²) in [7, 11) is 1.69. The van der Waals surface area contributed by atoms with Gasteiger partial charge in [-0.2, -0.15) is 0 Å². The number of para-hydroxylation sites is 1. The van der Waals surface area contributed by atoms with Gasteiger partial charge in [0.15, 0.2) is 0 Å². The van der Waals surface area contributed by atoms with Gasteiger partial charge in [-0.3, -0.25) is 9.69 Å². The Morgan fingerprint density at radius 2 is 1.80 bits per heavy atom. The van der Waals surface area contributed by atoms with Gasteiger partial charge in [-0.05, 0) is 92.6 Å². The Labute approximate surface area is 207 Å². The molecule has 5 heteroatoms. The molecule has 35 heavy (non-hydrogen) atoms. The molecule has 0 bridgehead atoms. The zero-order chi connectivity index (χ0) is 23.8. The third-order valence-electron chi connectivity index (χ3n) is 7.95. The molecule has 2 aromatic carbocycles. The Bertz CT molecular complexity index is 1270. The summed E-state index contributed by atoms with van der Waals surface area (Å²) in [6.07, 6.45) is 8.79. The van der Waals surface area contributed by atoms with Gasteiger partial charge in [-0.15, -0.1) is 0 Å².